The number of hydrogen-bond donors (Lipinski definition) is 1. The van der Waals surface area contributed by atoms with Gasteiger partial charge >= 0.3 is 0 Å². The Morgan fingerprint density at radius 2 is 2.08 bits per heavy atom. The van der Waals surface area contributed by atoms with Gasteiger partial charge in [-0.15, -0.1) is 0 Å². The number of methoxy groups -OCH3 is 2. The number of carbonyl (C=O) groups excluding carboxylic acids is 1. The highest BCUT2D eigenvalue weighted by Crippen LogP contribution is 2.35. The molecule has 138 valence electrons. The van der Waals surface area contributed by atoms with E-state index in [1.807, 2.05) is 0 Å². The summed E-state index contributed by atoms with van der Waals surface area (Å²) in [5.41, 5.74) is 0.684. The Hall–Kier alpha value is -1.95. The Morgan fingerprint density at radius 1 is 1.32 bits per heavy atom. The zero-order valence-electron chi connectivity index (χ0n) is 14.9. The minimum atomic E-state index is -0.152. The van der Waals surface area contributed by atoms with E-state index in [1.54, 1.807) is 12.1 Å². The van der Waals surface area contributed by atoms with E-state index in [4.69, 9.17) is 25.9 Å². The number of benzene rings is 1. The van der Waals surface area contributed by atoms with E-state index < -0.39 is 0 Å². The highest BCUT2D eigenvalue weighted by atomic mass is 35.5. The second kappa shape index (κ2) is 9.51. The van der Waals surface area contributed by atoms with E-state index in [-0.39, 0.29) is 18.6 Å². The van der Waals surface area contributed by atoms with E-state index in [0.29, 0.717) is 28.0 Å². The van der Waals surface area contributed by atoms with Crippen molar-refractivity contribution in [2.75, 3.05) is 20.8 Å². The van der Waals surface area contributed by atoms with Crippen molar-refractivity contribution < 1.29 is 19.1 Å². The van der Waals surface area contributed by atoms with E-state index >= 15 is 0 Å². The lowest BCUT2D eigenvalue weighted by atomic mass is 9.86. The number of hydrogen-bond acceptors (Lipinski definition) is 5. The number of nitrogens with zero attached hydrogens (tertiary/aromatic N) is 1. The van der Waals surface area contributed by atoms with Gasteiger partial charge in [0.25, 0.3) is 5.91 Å². The molecule has 1 aromatic rings. The fraction of sp³-hybridized carbons (Fsp3) is 0.556. The molecule has 1 aliphatic carbocycles. The molecule has 0 radical (unpaired) electrons. The van der Waals surface area contributed by atoms with Gasteiger partial charge in [-0.1, -0.05) is 36.5 Å². The highest BCUT2D eigenvalue weighted by Gasteiger charge is 2.22. The van der Waals surface area contributed by atoms with Crippen LogP contribution < -0.4 is 14.8 Å². The Bertz CT molecular complexity index is 621. The molecule has 1 aromatic carbocycles. The molecule has 0 saturated heterocycles. The molecule has 1 fully saturated rings. The van der Waals surface area contributed by atoms with Crippen molar-refractivity contribution >= 4 is 23.7 Å². The number of carbonyl (C=O) groups is 1. The van der Waals surface area contributed by atoms with Crippen LogP contribution in [0.1, 0.15) is 38.2 Å². The van der Waals surface area contributed by atoms with Gasteiger partial charge < -0.3 is 19.6 Å². The Morgan fingerprint density at radius 3 is 2.76 bits per heavy atom. The van der Waals surface area contributed by atoms with Gasteiger partial charge in [0.1, 0.15) is 0 Å². The van der Waals surface area contributed by atoms with Crippen LogP contribution in [0.15, 0.2) is 17.3 Å². The summed E-state index contributed by atoms with van der Waals surface area (Å²) in [6.45, 7) is 2.06. The second-order valence-electron chi connectivity index (χ2n) is 6.18. The molecule has 0 aliphatic heterocycles. The average Bonchev–Trinajstić information content (AvgIpc) is 2.60. The fourth-order valence-electron chi connectivity index (χ4n) is 2.99. The molecule has 0 spiro atoms. The van der Waals surface area contributed by atoms with Crippen LogP contribution in [0.3, 0.4) is 0 Å². The highest BCUT2D eigenvalue weighted by molar-refractivity contribution is 6.32. The molecule has 25 heavy (non-hydrogen) atoms. The van der Waals surface area contributed by atoms with Crippen LogP contribution in [0, 0.1) is 5.92 Å². The fourth-order valence-corrected chi connectivity index (χ4v) is 3.28. The third kappa shape index (κ3) is 5.53. The Balaban J connectivity index is 1.84. The van der Waals surface area contributed by atoms with Crippen molar-refractivity contribution in [1.29, 1.82) is 0 Å². The summed E-state index contributed by atoms with van der Waals surface area (Å²) in [7, 11) is 3.05. The number of amides is 1. The molecule has 0 bridgehead atoms. The third-order valence-electron chi connectivity index (χ3n) is 4.39. The lowest BCUT2D eigenvalue weighted by molar-refractivity contribution is -0.126. The quantitative estimate of drug-likeness (QED) is 0.591. The van der Waals surface area contributed by atoms with Gasteiger partial charge in [0.05, 0.1) is 25.5 Å². The maximum Gasteiger partial charge on any atom is 0.261 e. The monoisotopic (exact) mass is 368 g/mol. The van der Waals surface area contributed by atoms with Crippen molar-refractivity contribution in [2.45, 2.75) is 38.6 Å². The van der Waals surface area contributed by atoms with E-state index in [2.05, 4.69) is 17.4 Å². The van der Waals surface area contributed by atoms with Gasteiger partial charge in [-0.2, -0.15) is 0 Å². The number of ether oxygens (including phenoxy) is 2. The molecule has 0 heterocycles. The Kier molecular flexibility index (Phi) is 7.37. The predicted molar refractivity (Wildman–Crippen MR) is 97.7 cm³/mol. The molecule has 0 unspecified atom stereocenters. The van der Waals surface area contributed by atoms with Crippen LogP contribution in [0.4, 0.5) is 0 Å². The maximum absolute atomic E-state index is 11.9. The molecular formula is C18H25ClN2O4. The predicted octanol–water partition coefficient (Wildman–Crippen LogP) is 3.40. The minimum Gasteiger partial charge on any atom is -0.493 e. The normalized spacial score (nSPS) is 20.3. The van der Waals surface area contributed by atoms with Gasteiger partial charge in [-0.3, -0.25) is 4.79 Å². The lowest BCUT2D eigenvalue weighted by Gasteiger charge is -2.29. The van der Waals surface area contributed by atoms with Crippen molar-refractivity contribution in [1.82, 2.24) is 5.32 Å². The van der Waals surface area contributed by atoms with Crippen LogP contribution >= 0.6 is 11.6 Å². The first-order valence-corrected chi connectivity index (χ1v) is 8.79. The maximum atomic E-state index is 11.9. The van der Waals surface area contributed by atoms with Crippen molar-refractivity contribution in [2.24, 2.45) is 11.1 Å². The first-order chi connectivity index (χ1) is 12.0. The van der Waals surface area contributed by atoms with Gasteiger partial charge in [-0.05, 0) is 30.9 Å². The van der Waals surface area contributed by atoms with E-state index in [0.717, 1.165) is 19.3 Å². The first-order valence-electron chi connectivity index (χ1n) is 8.41. The van der Waals surface area contributed by atoms with Gasteiger partial charge in [0.2, 0.25) is 0 Å². The van der Waals surface area contributed by atoms with Crippen LogP contribution in [0.25, 0.3) is 0 Å². The summed E-state index contributed by atoms with van der Waals surface area (Å²) in [5.74, 6) is 1.32. The van der Waals surface area contributed by atoms with E-state index in [9.17, 15) is 4.79 Å². The summed E-state index contributed by atoms with van der Waals surface area (Å²) in [6, 6.07) is 3.64. The molecule has 2 rings (SSSR count). The summed E-state index contributed by atoms with van der Waals surface area (Å²) in [6.07, 6.45) is 6.06. The molecule has 2 atom stereocenters. The Labute approximate surface area is 153 Å². The van der Waals surface area contributed by atoms with E-state index in [1.165, 1.54) is 26.9 Å². The van der Waals surface area contributed by atoms with Crippen molar-refractivity contribution in [3.05, 3.63) is 22.7 Å². The molecule has 7 heteroatoms. The largest absolute Gasteiger partial charge is 0.493 e. The zero-order valence-corrected chi connectivity index (χ0v) is 15.6. The molecule has 1 amide bonds. The number of nitrogens with one attached hydrogen (secondary N) is 1. The summed E-state index contributed by atoms with van der Waals surface area (Å²) in [4.78, 5) is 17.0. The van der Waals surface area contributed by atoms with Gasteiger partial charge in [-0.25, -0.2) is 0 Å². The van der Waals surface area contributed by atoms with Crippen LogP contribution in [-0.2, 0) is 9.63 Å². The lowest BCUT2D eigenvalue weighted by Crippen LogP contribution is -2.42. The van der Waals surface area contributed by atoms with Crippen molar-refractivity contribution in [3.8, 4) is 11.5 Å². The molecule has 1 saturated carbocycles. The third-order valence-corrected chi connectivity index (χ3v) is 4.67. The van der Waals surface area contributed by atoms with Gasteiger partial charge in [0, 0.05) is 11.6 Å². The summed E-state index contributed by atoms with van der Waals surface area (Å²) < 4.78 is 10.4. The number of halogens is 1. The number of oxime groups is 1. The molecule has 6 nitrogen and oxygen atoms in total. The molecule has 0 aromatic heterocycles. The first kappa shape index (κ1) is 19.4. The van der Waals surface area contributed by atoms with Crippen LogP contribution in [0.5, 0.6) is 11.5 Å². The van der Waals surface area contributed by atoms with Crippen LogP contribution in [-0.4, -0.2) is 39.0 Å². The van der Waals surface area contributed by atoms with Crippen molar-refractivity contribution in [3.63, 3.8) is 0 Å². The summed E-state index contributed by atoms with van der Waals surface area (Å²) in [5, 5.41) is 7.25. The van der Waals surface area contributed by atoms with Gasteiger partial charge in [0.15, 0.2) is 18.1 Å². The SMILES string of the molecule is COc1cc(/C=N\OCC(=O)N[C@H]2CCCC[C@H]2C)cc(Cl)c1OC. The molecular weight excluding hydrogens is 344 g/mol. The second-order valence-corrected chi connectivity index (χ2v) is 6.59. The molecule has 1 N–H and O–H groups in total. The topological polar surface area (TPSA) is 69.2 Å². The standard InChI is InChI=1S/C18H25ClN2O4/c1-12-6-4-5-7-15(12)21-17(22)11-25-20-10-13-8-14(19)18(24-3)16(9-13)23-2/h8-10,12,15H,4-7,11H2,1-3H3,(H,21,22)/b20-10-/t12-,15+/m1/s1. The zero-order chi connectivity index (χ0) is 18.2. The number of rotatable bonds is 7. The smallest absolute Gasteiger partial charge is 0.261 e. The minimum absolute atomic E-state index is 0.110. The summed E-state index contributed by atoms with van der Waals surface area (Å²) >= 11 is 6.13. The molecule has 1 aliphatic rings. The average molecular weight is 369 g/mol. The van der Waals surface area contributed by atoms with Crippen LogP contribution in [0.2, 0.25) is 5.02 Å².